The van der Waals surface area contributed by atoms with Crippen molar-refractivity contribution < 1.29 is 4.79 Å². The van der Waals surface area contributed by atoms with Crippen LogP contribution in [0.15, 0.2) is 10.7 Å². The van der Waals surface area contributed by atoms with Crippen LogP contribution in [0.2, 0.25) is 0 Å². The highest BCUT2D eigenvalue weighted by atomic mass is 79.9. The van der Waals surface area contributed by atoms with Crippen LogP contribution in [-0.2, 0) is 18.4 Å². The topological polar surface area (TPSA) is 64.7 Å². The summed E-state index contributed by atoms with van der Waals surface area (Å²) in [7, 11) is 1.86. The van der Waals surface area contributed by atoms with Crippen molar-refractivity contribution in [2.75, 3.05) is 5.32 Å². The summed E-state index contributed by atoms with van der Waals surface area (Å²) < 4.78 is 4.48. The molecule has 20 heavy (non-hydrogen) atoms. The highest BCUT2D eigenvalue weighted by Crippen LogP contribution is 2.18. The number of amides is 1. The summed E-state index contributed by atoms with van der Waals surface area (Å²) in [6.07, 6.45) is 2.25. The Morgan fingerprint density at radius 3 is 2.50 bits per heavy atom. The van der Waals surface area contributed by atoms with Gasteiger partial charge in [0.25, 0.3) is 0 Å². The van der Waals surface area contributed by atoms with Crippen molar-refractivity contribution in [3.8, 4) is 0 Å². The molecular formula is C13H18BrN5O. The van der Waals surface area contributed by atoms with Crippen LogP contribution in [0, 0.1) is 20.8 Å². The molecule has 1 N–H and O–H groups in total. The van der Waals surface area contributed by atoms with E-state index in [4.69, 9.17) is 0 Å². The fourth-order valence-corrected chi connectivity index (χ4v) is 2.30. The van der Waals surface area contributed by atoms with Crippen molar-refractivity contribution in [2.24, 2.45) is 7.05 Å². The monoisotopic (exact) mass is 339 g/mol. The van der Waals surface area contributed by atoms with Crippen molar-refractivity contribution in [2.45, 2.75) is 33.7 Å². The van der Waals surface area contributed by atoms with E-state index >= 15 is 0 Å². The predicted octanol–water partition coefficient (Wildman–Crippen LogP) is 2.33. The molecular weight excluding hydrogens is 322 g/mol. The summed E-state index contributed by atoms with van der Waals surface area (Å²) >= 11 is 3.40. The second-order valence-electron chi connectivity index (χ2n) is 4.79. The predicted molar refractivity (Wildman–Crippen MR) is 80.6 cm³/mol. The van der Waals surface area contributed by atoms with E-state index in [9.17, 15) is 4.79 Å². The van der Waals surface area contributed by atoms with Crippen LogP contribution >= 0.6 is 15.9 Å². The van der Waals surface area contributed by atoms with Crippen LogP contribution in [0.5, 0.6) is 0 Å². The highest BCUT2D eigenvalue weighted by molar-refractivity contribution is 9.10. The first kappa shape index (κ1) is 14.8. The zero-order valence-electron chi connectivity index (χ0n) is 12.1. The molecule has 2 aromatic heterocycles. The van der Waals surface area contributed by atoms with E-state index in [1.165, 1.54) is 0 Å². The van der Waals surface area contributed by atoms with E-state index < -0.39 is 0 Å². The number of aromatic nitrogens is 4. The third-order valence-electron chi connectivity index (χ3n) is 3.23. The van der Waals surface area contributed by atoms with E-state index in [0.717, 1.165) is 27.2 Å². The zero-order valence-corrected chi connectivity index (χ0v) is 13.7. The Morgan fingerprint density at radius 1 is 1.30 bits per heavy atom. The zero-order chi connectivity index (χ0) is 14.9. The molecule has 0 unspecified atom stereocenters. The molecule has 0 aliphatic rings. The first-order valence-electron chi connectivity index (χ1n) is 6.38. The molecule has 0 saturated carbocycles. The Kier molecular flexibility index (Phi) is 4.27. The molecule has 0 aromatic carbocycles. The number of halogens is 1. The van der Waals surface area contributed by atoms with Gasteiger partial charge in [0.2, 0.25) is 5.91 Å². The molecule has 7 heteroatoms. The molecule has 1 amide bonds. The summed E-state index contributed by atoms with van der Waals surface area (Å²) in [5.41, 5.74) is 3.50. The molecule has 2 aromatic rings. The van der Waals surface area contributed by atoms with Crippen molar-refractivity contribution >= 4 is 27.5 Å². The van der Waals surface area contributed by atoms with Crippen LogP contribution in [0.4, 0.5) is 5.69 Å². The third-order valence-corrected chi connectivity index (χ3v) is 4.01. The lowest BCUT2D eigenvalue weighted by atomic mass is 10.3. The first-order valence-corrected chi connectivity index (χ1v) is 7.17. The summed E-state index contributed by atoms with van der Waals surface area (Å²) in [5, 5.41) is 11.5. The van der Waals surface area contributed by atoms with Crippen LogP contribution in [0.25, 0.3) is 0 Å². The van der Waals surface area contributed by atoms with Crippen LogP contribution in [-0.4, -0.2) is 25.5 Å². The Morgan fingerprint density at radius 2 is 2.00 bits per heavy atom. The van der Waals surface area contributed by atoms with Crippen molar-refractivity contribution in [1.29, 1.82) is 0 Å². The Labute approximate surface area is 126 Å². The van der Waals surface area contributed by atoms with Crippen molar-refractivity contribution in [3.05, 3.63) is 27.8 Å². The molecule has 0 saturated heterocycles. The molecule has 2 rings (SSSR count). The first-order chi connectivity index (χ1) is 9.38. The number of rotatable bonds is 4. The van der Waals surface area contributed by atoms with Gasteiger partial charge in [-0.05, 0) is 36.7 Å². The molecule has 0 atom stereocenters. The molecule has 0 fully saturated rings. The average Bonchev–Trinajstić information content (AvgIpc) is 2.82. The quantitative estimate of drug-likeness (QED) is 0.929. The van der Waals surface area contributed by atoms with Gasteiger partial charge in [-0.3, -0.25) is 14.2 Å². The van der Waals surface area contributed by atoms with E-state index in [1.54, 1.807) is 9.36 Å². The Balaban J connectivity index is 1.96. The average molecular weight is 340 g/mol. The standard InChI is InChI=1S/C13H18BrN5O/c1-8-11(14)7-19(17-8)6-5-12(20)15-13-9(2)16-18(4)10(13)3/h7H,5-6H2,1-4H3,(H,15,20). The minimum atomic E-state index is -0.0338. The minimum Gasteiger partial charge on any atom is -0.323 e. The number of aryl methyl sites for hydroxylation is 4. The largest absolute Gasteiger partial charge is 0.323 e. The van der Waals surface area contributed by atoms with Gasteiger partial charge >= 0.3 is 0 Å². The summed E-state index contributed by atoms with van der Waals surface area (Å²) in [6.45, 7) is 6.29. The molecule has 0 aliphatic carbocycles. The van der Waals surface area contributed by atoms with Crippen molar-refractivity contribution in [3.63, 3.8) is 0 Å². The molecule has 0 aliphatic heterocycles. The number of nitrogens with one attached hydrogen (secondary N) is 1. The van der Waals surface area contributed by atoms with E-state index in [2.05, 4.69) is 31.4 Å². The van der Waals surface area contributed by atoms with E-state index in [1.807, 2.05) is 34.0 Å². The van der Waals surface area contributed by atoms with Gasteiger partial charge in [-0.2, -0.15) is 10.2 Å². The van der Waals surface area contributed by atoms with Crippen LogP contribution in [0.1, 0.15) is 23.5 Å². The number of hydrogen-bond acceptors (Lipinski definition) is 3. The lowest BCUT2D eigenvalue weighted by Crippen LogP contribution is -2.15. The van der Waals surface area contributed by atoms with Gasteiger partial charge in [-0.15, -0.1) is 0 Å². The third kappa shape index (κ3) is 3.09. The fraction of sp³-hybridized carbons (Fsp3) is 0.462. The van der Waals surface area contributed by atoms with E-state index in [-0.39, 0.29) is 5.91 Å². The minimum absolute atomic E-state index is 0.0338. The lowest BCUT2D eigenvalue weighted by Gasteiger charge is -2.06. The molecule has 108 valence electrons. The van der Waals surface area contributed by atoms with Crippen molar-refractivity contribution in [1.82, 2.24) is 19.6 Å². The SMILES string of the molecule is Cc1nn(CCC(=O)Nc2c(C)nn(C)c2C)cc1Br. The van der Waals surface area contributed by atoms with Gasteiger partial charge in [0.15, 0.2) is 0 Å². The van der Waals surface area contributed by atoms with Gasteiger partial charge in [0.05, 0.1) is 27.2 Å². The number of hydrogen-bond donors (Lipinski definition) is 1. The molecule has 6 nitrogen and oxygen atoms in total. The van der Waals surface area contributed by atoms with Gasteiger partial charge in [-0.1, -0.05) is 0 Å². The second kappa shape index (κ2) is 5.78. The molecule has 0 spiro atoms. The summed E-state index contributed by atoms with van der Waals surface area (Å²) in [6, 6.07) is 0. The second-order valence-corrected chi connectivity index (χ2v) is 5.65. The van der Waals surface area contributed by atoms with Gasteiger partial charge in [-0.25, -0.2) is 0 Å². The fourth-order valence-electron chi connectivity index (χ4n) is 1.98. The van der Waals surface area contributed by atoms with Gasteiger partial charge in [0, 0.05) is 26.2 Å². The number of carbonyl (C=O) groups excluding carboxylic acids is 1. The lowest BCUT2D eigenvalue weighted by molar-refractivity contribution is -0.116. The van der Waals surface area contributed by atoms with Gasteiger partial charge in [0.1, 0.15) is 0 Å². The summed E-state index contributed by atoms with van der Waals surface area (Å²) in [4.78, 5) is 12.0. The Bertz CT molecular complexity index is 624. The highest BCUT2D eigenvalue weighted by Gasteiger charge is 2.12. The van der Waals surface area contributed by atoms with E-state index in [0.29, 0.717) is 13.0 Å². The molecule has 2 heterocycles. The maximum atomic E-state index is 12.0. The van der Waals surface area contributed by atoms with Crippen LogP contribution in [0.3, 0.4) is 0 Å². The number of carbonyl (C=O) groups is 1. The van der Waals surface area contributed by atoms with Crippen LogP contribution < -0.4 is 5.32 Å². The molecule has 0 bridgehead atoms. The Hall–Kier alpha value is -1.63. The maximum absolute atomic E-state index is 12.0. The normalized spacial score (nSPS) is 10.8. The molecule has 0 radical (unpaired) electrons. The smallest absolute Gasteiger partial charge is 0.226 e. The maximum Gasteiger partial charge on any atom is 0.226 e. The number of nitrogens with zero attached hydrogens (tertiary/aromatic N) is 4. The summed E-state index contributed by atoms with van der Waals surface area (Å²) in [5.74, 6) is -0.0338. The number of anilines is 1. The van der Waals surface area contributed by atoms with Gasteiger partial charge < -0.3 is 5.32 Å².